The molecule has 1 heterocycles. The molecular formula is C19H25FN4O3. The van der Waals surface area contributed by atoms with Crippen LogP contribution in [-0.2, 0) is 4.74 Å². The number of hydrogen-bond acceptors (Lipinski definition) is 5. The number of amides is 1. The van der Waals surface area contributed by atoms with Gasteiger partial charge in [-0.05, 0) is 46.8 Å². The standard InChI is InChI=1S/C19H25FN4O3/c1-13(2)22-27-17-12-16(14(20)11-15(17)21-6)23-7-9-24(10-8-23)18(25)26-19(3,4)5/h11-12H,7-10H2,1-5H3. The lowest BCUT2D eigenvalue weighted by Crippen LogP contribution is -2.50. The van der Waals surface area contributed by atoms with Gasteiger partial charge in [0.15, 0.2) is 5.75 Å². The Hall–Kier alpha value is -2.82. The summed E-state index contributed by atoms with van der Waals surface area (Å²) in [6.45, 7) is 17.9. The summed E-state index contributed by atoms with van der Waals surface area (Å²) >= 11 is 0. The van der Waals surface area contributed by atoms with E-state index in [1.165, 1.54) is 6.07 Å². The lowest BCUT2D eigenvalue weighted by atomic mass is 10.2. The Bertz CT molecular complexity index is 768. The first-order valence-electron chi connectivity index (χ1n) is 8.73. The molecule has 0 unspecified atom stereocenters. The highest BCUT2D eigenvalue weighted by molar-refractivity contribution is 5.78. The fourth-order valence-electron chi connectivity index (χ4n) is 2.53. The van der Waals surface area contributed by atoms with Crippen LogP contribution in [-0.4, -0.2) is 48.5 Å². The molecule has 0 aromatic heterocycles. The first-order chi connectivity index (χ1) is 12.6. The van der Waals surface area contributed by atoms with Crippen molar-refractivity contribution in [2.75, 3.05) is 31.1 Å². The molecule has 0 N–H and O–H groups in total. The van der Waals surface area contributed by atoms with Crippen molar-refractivity contribution in [1.29, 1.82) is 0 Å². The van der Waals surface area contributed by atoms with Crippen molar-refractivity contribution in [3.05, 3.63) is 29.4 Å². The second kappa shape index (κ2) is 8.25. The molecule has 8 heteroatoms. The topological polar surface area (TPSA) is 58.7 Å². The van der Waals surface area contributed by atoms with Crippen LogP contribution in [0.1, 0.15) is 34.6 Å². The molecule has 0 saturated carbocycles. The third-order valence-corrected chi connectivity index (χ3v) is 3.75. The molecule has 0 atom stereocenters. The number of piperazine rings is 1. The summed E-state index contributed by atoms with van der Waals surface area (Å²) in [7, 11) is 0. The van der Waals surface area contributed by atoms with Gasteiger partial charge in [-0.2, -0.15) is 0 Å². The van der Waals surface area contributed by atoms with Crippen LogP contribution >= 0.6 is 0 Å². The highest BCUT2D eigenvalue weighted by atomic mass is 19.1. The number of ether oxygens (including phenoxy) is 1. The molecule has 1 amide bonds. The molecule has 0 aliphatic carbocycles. The third-order valence-electron chi connectivity index (χ3n) is 3.75. The fourth-order valence-corrected chi connectivity index (χ4v) is 2.53. The smallest absolute Gasteiger partial charge is 0.410 e. The minimum atomic E-state index is -0.555. The van der Waals surface area contributed by atoms with E-state index in [9.17, 15) is 9.18 Å². The van der Waals surface area contributed by atoms with Crippen LogP contribution in [0.2, 0.25) is 0 Å². The van der Waals surface area contributed by atoms with E-state index in [2.05, 4.69) is 10.0 Å². The Morgan fingerprint density at radius 1 is 1.22 bits per heavy atom. The van der Waals surface area contributed by atoms with Crippen molar-refractivity contribution < 1.29 is 18.8 Å². The number of anilines is 1. The molecule has 2 rings (SSSR count). The summed E-state index contributed by atoms with van der Waals surface area (Å²) in [5.41, 5.74) is 0.515. The first-order valence-corrected chi connectivity index (χ1v) is 8.73. The van der Waals surface area contributed by atoms with Gasteiger partial charge in [0.2, 0.25) is 5.69 Å². The van der Waals surface area contributed by atoms with Gasteiger partial charge >= 0.3 is 6.09 Å². The van der Waals surface area contributed by atoms with Crippen LogP contribution in [0.25, 0.3) is 4.85 Å². The summed E-state index contributed by atoms with van der Waals surface area (Å²) in [4.78, 5) is 24.2. The number of carbonyl (C=O) groups excluding carboxylic acids is 1. The molecule has 0 radical (unpaired) electrons. The van der Waals surface area contributed by atoms with E-state index in [1.807, 2.05) is 25.7 Å². The van der Waals surface area contributed by atoms with Crippen LogP contribution in [0.4, 0.5) is 20.6 Å². The van der Waals surface area contributed by atoms with Crippen molar-refractivity contribution in [3.63, 3.8) is 0 Å². The summed E-state index contributed by atoms with van der Waals surface area (Å²) in [5, 5.41) is 3.85. The lowest BCUT2D eigenvalue weighted by Gasteiger charge is -2.37. The molecule has 27 heavy (non-hydrogen) atoms. The maximum Gasteiger partial charge on any atom is 0.410 e. The Kier molecular flexibility index (Phi) is 6.26. The highest BCUT2D eigenvalue weighted by Crippen LogP contribution is 2.35. The van der Waals surface area contributed by atoms with E-state index < -0.39 is 11.4 Å². The largest absolute Gasteiger partial charge is 0.444 e. The van der Waals surface area contributed by atoms with Crippen LogP contribution < -0.4 is 9.74 Å². The fraction of sp³-hybridized carbons (Fsp3) is 0.526. The predicted molar refractivity (Wildman–Crippen MR) is 102 cm³/mol. The summed E-state index contributed by atoms with van der Waals surface area (Å²) in [5.74, 6) is -0.298. The van der Waals surface area contributed by atoms with Gasteiger partial charge in [-0.15, -0.1) is 0 Å². The number of benzene rings is 1. The minimum absolute atomic E-state index is 0.0636. The third kappa shape index (κ3) is 5.58. The van der Waals surface area contributed by atoms with Crippen LogP contribution in [0.5, 0.6) is 5.75 Å². The summed E-state index contributed by atoms with van der Waals surface area (Å²) in [6.07, 6.45) is -0.372. The van der Waals surface area contributed by atoms with Gasteiger partial charge in [0, 0.05) is 26.2 Å². The van der Waals surface area contributed by atoms with Crippen molar-refractivity contribution in [2.24, 2.45) is 5.16 Å². The molecule has 0 spiro atoms. The van der Waals surface area contributed by atoms with Crippen molar-refractivity contribution in [3.8, 4) is 5.75 Å². The maximum atomic E-state index is 14.5. The van der Waals surface area contributed by atoms with Crippen molar-refractivity contribution in [2.45, 2.75) is 40.2 Å². The number of hydrogen-bond donors (Lipinski definition) is 0. The zero-order valence-electron chi connectivity index (χ0n) is 16.4. The quantitative estimate of drug-likeness (QED) is 0.450. The first kappa shape index (κ1) is 20.5. The van der Waals surface area contributed by atoms with Gasteiger partial charge < -0.3 is 19.4 Å². The van der Waals surface area contributed by atoms with E-state index in [4.69, 9.17) is 16.1 Å². The molecule has 146 valence electrons. The number of rotatable bonds is 3. The monoisotopic (exact) mass is 376 g/mol. The summed E-state index contributed by atoms with van der Waals surface area (Å²) < 4.78 is 19.9. The second-order valence-corrected chi connectivity index (χ2v) is 7.47. The van der Waals surface area contributed by atoms with Gasteiger partial charge in [0.25, 0.3) is 0 Å². The number of oxime groups is 1. The second-order valence-electron chi connectivity index (χ2n) is 7.47. The van der Waals surface area contributed by atoms with E-state index in [-0.39, 0.29) is 17.5 Å². The minimum Gasteiger partial charge on any atom is -0.444 e. The number of halogens is 1. The molecule has 1 saturated heterocycles. The molecule has 1 fully saturated rings. The SMILES string of the molecule is [C-]#[N+]c1cc(F)c(N2CCN(C(=O)OC(C)(C)C)CC2)cc1ON=C(C)C. The molecule has 1 aromatic carbocycles. The van der Waals surface area contributed by atoms with Gasteiger partial charge in [-0.3, -0.25) is 0 Å². The normalized spacial score (nSPS) is 14.4. The van der Waals surface area contributed by atoms with E-state index in [0.29, 0.717) is 37.6 Å². The van der Waals surface area contributed by atoms with E-state index in [0.717, 1.165) is 6.07 Å². The van der Waals surface area contributed by atoms with Gasteiger partial charge in [0.1, 0.15) is 11.4 Å². The van der Waals surface area contributed by atoms with Gasteiger partial charge in [-0.1, -0.05) is 5.16 Å². The number of nitrogens with zero attached hydrogens (tertiary/aromatic N) is 4. The van der Waals surface area contributed by atoms with Crippen molar-refractivity contribution >= 4 is 23.2 Å². The van der Waals surface area contributed by atoms with Crippen LogP contribution in [0, 0.1) is 12.4 Å². The maximum absolute atomic E-state index is 14.5. The predicted octanol–water partition coefficient (Wildman–Crippen LogP) is 4.21. The zero-order valence-corrected chi connectivity index (χ0v) is 16.4. The average molecular weight is 376 g/mol. The van der Waals surface area contributed by atoms with E-state index >= 15 is 0 Å². The Labute approximate surface area is 159 Å². The molecule has 0 bridgehead atoms. The Morgan fingerprint density at radius 2 is 1.85 bits per heavy atom. The lowest BCUT2D eigenvalue weighted by molar-refractivity contribution is 0.0240. The Morgan fingerprint density at radius 3 is 2.37 bits per heavy atom. The number of carbonyl (C=O) groups is 1. The average Bonchev–Trinajstić information content (AvgIpc) is 2.59. The van der Waals surface area contributed by atoms with Crippen LogP contribution in [0.3, 0.4) is 0 Å². The zero-order chi connectivity index (χ0) is 20.2. The van der Waals surface area contributed by atoms with Crippen molar-refractivity contribution in [1.82, 2.24) is 4.90 Å². The van der Waals surface area contributed by atoms with Crippen LogP contribution in [0.15, 0.2) is 17.3 Å². The Balaban J connectivity index is 2.13. The van der Waals surface area contributed by atoms with E-state index in [1.54, 1.807) is 18.7 Å². The molecule has 1 aliphatic heterocycles. The van der Waals surface area contributed by atoms with Gasteiger partial charge in [0.05, 0.1) is 18.0 Å². The van der Waals surface area contributed by atoms with Gasteiger partial charge in [-0.25, -0.2) is 14.0 Å². The summed E-state index contributed by atoms with van der Waals surface area (Å²) in [6, 6.07) is 2.64. The molecule has 1 aliphatic rings. The molecule has 1 aromatic rings. The highest BCUT2D eigenvalue weighted by Gasteiger charge is 2.27. The molecule has 7 nitrogen and oxygen atoms in total. The molecular weight excluding hydrogens is 351 g/mol.